The quantitative estimate of drug-likeness (QED) is 0.394. The molecule has 3 nitrogen and oxygen atoms in total. The lowest BCUT2D eigenvalue weighted by Gasteiger charge is -2.13. The molecule has 1 radical (unpaired) electrons. The van der Waals surface area contributed by atoms with Gasteiger partial charge >= 0.3 is 6.03 Å². The predicted molar refractivity (Wildman–Crippen MR) is 53.1 cm³/mol. The maximum atomic E-state index is 11.1. The molecular weight excluding hydrogens is 172 g/mol. The second-order valence-electron chi connectivity index (χ2n) is 1.97. The SMILES string of the molecule is C=CCNC(=O)N([C]=S)CC=C. The van der Waals surface area contributed by atoms with Crippen molar-refractivity contribution in [2.24, 2.45) is 0 Å². The van der Waals surface area contributed by atoms with Crippen LogP contribution in [0.25, 0.3) is 0 Å². The van der Waals surface area contributed by atoms with Gasteiger partial charge in [-0.3, -0.25) is 4.90 Å². The lowest BCUT2D eigenvalue weighted by Crippen LogP contribution is -2.38. The molecule has 12 heavy (non-hydrogen) atoms. The van der Waals surface area contributed by atoms with Crippen LogP contribution in [0.15, 0.2) is 25.3 Å². The Morgan fingerprint density at radius 2 is 2.25 bits per heavy atom. The number of amides is 2. The van der Waals surface area contributed by atoms with Crippen molar-refractivity contribution in [2.45, 2.75) is 0 Å². The molecule has 0 fully saturated rings. The van der Waals surface area contributed by atoms with E-state index in [9.17, 15) is 4.79 Å². The van der Waals surface area contributed by atoms with Gasteiger partial charge in [0.05, 0.1) is 0 Å². The zero-order chi connectivity index (χ0) is 9.40. The Bertz CT molecular complexity index is 191. The third-order valence-corrected chi connectivity index (χ3v) is 1.29. The van der Waals surface area contributed by atoms with Gasteiger partial charge in [0.1, 0.15) is 5.49 Å². The summed E-state index contributed by atoms with van der Waals surface area (Å²) in [6.45, 7) is 7.73. The number of urea groups is 1. The normalized spacial score (nSPS) is 8.33. The molecule has 0 aromatic carbocycles. The van der Waals surface area contributed by atoms with Crippen molar-refractivity contribution in [3.05, 3.63) is 25.3 Å². The molecule has 0 bridgehead atoms. The average Bonchev–Trinajstić information content (AvgIpc) is 2.10. The van der Waals surface area contributed by atoms with Crippen LogP contribution in [0.3, 0.4) is 0 Å². The van der Waals surface area contributed by atoms with Gasteiger partial charge in [-0.2, -0.15) is 0 Å². The van der Waals surface area contributed by atoms with Crippen molar-refractivity contribution in [3.8, 4) is 0 Å². The van der Waals surface area contributed by atoms with E-state index < -0.39 is 0 Å². The molecule has 0 aromatic rings. The van der Waals surface area contributed by atoms with Gasteiger partial charge in [-0.25, -0.2) is 4.79 Å². The number of hydrogen-bond acceptors (Lipinski definition) is 2. The second kappa shape index (κ2) is 6.54. The number of thiocarbonyl (C=S) groups is 1. The summed E-state index contributed by atoms with van der Waals surface area (Å²) in [4.78, 5) is 12.3. The predicted octanol–water partition coefficient (Wildman–Crippen LogP) is 1.20. The zero-order valence-corrected chi connectivity index (χ0v) is 7.56. The molecule has 0 spiro atoms. The van der Waals surface area contributed by atoms with Gasteiger partial charge in [0.15, 0.2) is 0 Å². The Morgan fingerprint density at radius 3 is 2.67 bits per heavy atom. The fourth-order valence-corrected chi connectivity index (χ4v) is 0.703. The molecule has 0 aliphatic rings. The minimum absolute atomic E-state index is 0.287. The zero-order valence-electron chi connectivity index (χ0n) is 6.75. The highest BCUT2D eigenvalue weighted by atomic mass is 32.1. The minimum atomic E-state index is -0.287. The van der Waals surface area contributed by atoms with Crippen molar-refractivity contribution in [1.82, 2.24) is 10.2 Å². The van der Waals surface area contributed by atoms with Gasteiger partial charge in [0.25, 0.3) is 0 Å². The monoisotopic (exact) mass is 183 g/mol. The van der Waals surface area contributed by atoms with Gasteiger partial charge in [-0.05, 0) is 0 Å². The molecule has 65 valence electrons. The smallest absolute Gasteiger partial charge is 0.323 e. The van der Waals surface area contributed by atoms with E-state index in [2.05, 4.69) is 36.2 Å². The van der Waals surface area contributed by atoms with Gasteiger partial charge in [-0.15, -0.1) is 13.2 Å². The van der Waals surface area contributed by atoms with Gasteiger partial charge in [0, 0.05) is 13.1 Å². The first-order valence-corrected chi connectivity index (χ1v) is 3.82. The van der Waals surface area contributed by atoms with Crippen molar-refractivity contribution in [3.63, 3.8) is 0 Å². The Balaban J connectivity index is 3.92. The highest BCUT2D eigenvalue weighted by molar-refractivity contribution is 7.78. The molecule has 0 aliphatic carbocycles. The third-order valence-electron chi connectivity index (χ3n) is 1.06. The third kappa shape index (κ3) is 3.88. The lowest BCUT2D eigenvalue weighted by atomic mass is 10.5. The molecule has 4 heteroatoms. The minimum Gasteiger partial charge on any atom is -0.334 e. The average molecular weight is 183 g/mol. The van der Waals surface area contributed by atoms with Crippen LogP contribution in [0.5, 0.6) is 0 Å². The van der Waals surface area contributed by atoms with Crippen LogP contribution in [0.2, 0.25) is 0 Å². The van der Waals surface area contributed by atoms with E-state index in [4.69, 9.17) is 0 Å². The summed E-state index contributed by atoms with van der Waals surface area (Å²) in [6, 6.07) is -0.287. The molecule has 0 aliphatic heterocycles. The van der Waals surface area contributed by atoms with E-state index >= 15 is 0 Å². The summed E-state index contributed by atoms with van der Waals surface area (Å²) in [5.41, 5.74) is 2.31. The van der Waals surface area contributed by atoms with Gasteiger partial charge in [-0.1, -0.05) is 24.4 Å². The molecule has 1 N–H and O–H groups in total. The Hall–Kier alpha value is -1.16. The number of carbonyl (C=O) groups excluding carboxylic acids is 1. The van der Waals surface area contributed by atoms with Crippen LogP contribution in [0.4, 0.5) is 4.79 Å². The number of nitrogens with zero attached hydrogens (tertiary/aromatic N) is 1. The standard InChI is InChI=1S/C8H11N2OS/c1-3-5-9-8(11)10(7-12)6-4-2/h3-4H,1-2,5-6H2,(H,9,11). The summed E-state index contributed by atoms with van der Waals surface area (Å²) in [7, 11) is 0. The molecule has 0 saturated carbocycles. The Morgan fingerprint density at radius 1 is 1.58 bits per heavy atom. The van der Waals surface area contributed by atoms with E-state index in [1.165, 1.54) is 4.90 Å². The highest BCUT2D eigenvalue weighted by Gasteiger charge is 2.06. The van der Waals surface area contributed by atoms with E-state index in [0.29, 0.717) is 13.1 Å². The summed E-state index contributed by atoms with van der Waals surface area (Å²) < 4.78 is 0. The van der Waals surface area contributed by atoms with Crippen LogP contribution in [0, 0.1) is 0 Å². The fraction of sp³-hybridized carbons (Fsp3) is 0.250. The summed E-state index contributed by atoms with van der Waals surface area (Å²) in [5.74, 6) is 0. The fourth-order valence-electron chi connectivity index (χ4n) is 0.546. The first-order chi connectivity index (χ1) is 5.76. The van der Waals surface area contributed by atoms with E-state index in [-0.39, 0.29) is 6.03 Å². The summed E-state index contributed by atoms with van der Waals surface area (Å²) in [6.07, 6.45) is 3.17. The van der Waals surface area contributed by atoms with Crippen LogP contribution >= 0.6 is 12.2 Å². The van der Waals surface area contributed by atoms with Gasteiger partial charge in [0.2, 0.25) is 0 Å². The van der Waals surface area contributed by atoms with Crippen molar-refractivity contribution >= 4 is 23.7 Å². The first-order valence-electron chi connectivity index (χ1n) is 3.41. The van der Waals surface area contributed by atoms with E-state index in [1.54, 1.807) is 12.2 Å². The Kier molecular flexibility index (Phi) is 5.91. The largest absolute Gasteiger partial charge is 0.334 e. The number of carbonyl (C=O) groups is 1. The van der Waals surface area contributed by atoms with Crippen LogP contribution < -0.4 is 5.32 Å². The van der Waals surface area contributed by atoms with Crippen LogP contribution in [0.1, 0.15) is 0 Å². The molecule has 0 heterocycles. The van der Waals surface area contributed by atoms with Gasteiger partial charge < -0.3 is 5.32 Å². The number of nitrogens with one attached hydrogen (secondary N) is 1. The van der Waals surface area contributed by atoms with Crippen LogP contribution in [-0.4, -0.2) is 29.5 Å². The topological polar surface area (TPSA) is 32.3 Å². The molecule has 2 amide bonds. The molecular formula is C8H11N2OS. The van der Waals surface area contributed by atoms with Crippen molar-refractivity contribution in [2.75, 3.05) is 13.1 Å². The van der Waals surface area contributed by atoms with Crippen molar-refractivity contribution in [1.29, 1.82) is 0 Å². The van der Waals surface area contributed by atoms with E-state index in [0.717, 1.165) is 0 Å². The molecule has 0 aromatic heterocycles. The number of rotatable bonds is 5. The molecule has 0 unspecified atom stereocenters. The maximum Gasteiger partial charge on any atom is 0.323 e. The maximum absolute atomic E-state index is 11.1. The summed E-state index contributed by atoms with van der Waals surface area (Å²) >= 11 is 4.51. The first kappa shape index (κ1) is 10.8. The number of hydrogen-bond donors (Lipinski definition) is 1. The van der Waals surface area contributed by atoms with E-state index in [1.807, 2.05) is 0 Å². The van der Waals surface area contributed by atoms with Crippen LogP contribution in [-0.2, 0) is 0 Å². The lowest BCUT2D eigenvalue weighted by molar-refractivity contribution is 0.226. The Labute approximate surface area is 77.7 Å². The molecule has 0 atom stereocenters. The molecule has 0 rings (SSSR count). The molecule has 0 saturated heterocycles. The van der Waals surface area contributed by atoms with Crippen molar-refractivity contribution < 1.29 is 4.79 Å². The highest BCUT2D eigenvalue weighted by Crippen LogP contribution is 1.85. The summed E-state index contributed by atoms with van der Waals surface area (Å²) in [5, 5.41) is 2.56. The second-order valence-corrected chi connectivity index (χ2v) is 2.15.